The number of alkyl halides is 1. The van der Waals surface area contributed by atoms with Crippen LogP contribution in [0.15, 0.2) is 53.0 Å². The first kappa shape index (κ1) is 13.0. The van der Waals surface area contributed by atoms with Gasteiger partial charge >= 0.3 is 0 Å². The van der Waals surface area contributed by atoms with Crippen LogP contribution < -0.4 is 4.74 Å². The van der Waals surface area contributed by atoms with E-state index in [2.05, 4.69) is 34.1 Å². The zero-order valence-corrected chi connectivity index (χ0v) is 12.7. The summed E-state index contributed by atoms with van der Waals surface area (Å²) in [6.07, 6.45) is 1.72. The van der Waals surface area contributed by atoms with E-state index in [0.717, 1.165) is 23.1 Å². The Morgan fingerprint density at radius 2 is 1.79 bits per heavy atom. The minimum Gasteiger partial charge on any atom is -0.485 e. The lowest BCUT2D eigenvalue weighted by atomic mass is 10.0. The van der Waals surface area contributed by atoms with Gasteiger partial charge in [-0.1, -0.05) is 46.3 Å². The molecule has 1 heterocycles. The van der Waals surface area contributed by atoms with Gasteiger partial charge in [0.05, 0.1) is 0 Å². The van der Waals surface area contributed by atoms with Gasteiger partial charge in [0, 0.05) is 16.3 Å². The summed E-state index contributed by atoms with van der Waals surface area (Å²) >= 11 is 9.89. The molecule has 0 saturated carbocycles. The summed E-state index contributed by atoms with van der Waals surface area (Å²) in [6.45, 7) is 0. The molecule has 0 fully saturated rings. The largest absolute Gasteiger partial charge is 0.485 e. The molecule has 1 aliphatic heterocycles. The molecule has 98 valence electrons. The molecule has 2 aromatic carbocycles. The van der Waals surface area contributed by atoms with Crippen molar-refractivity contribution in [1.82, 2.24) is 0 Å². The van der Waals surface area contributed by atoms with E-state index in [1.165, 1.54) is 11.1 Å². The zero-order valence-electron chi connectivity index (χ0n) is 10.4. The Hall–Kier alpha value is -0.990. The van der Waals surface area contributed by atoms with Crippen molar-refractivity contribution >= 4 is 27.5 Å². The Balaban J connectivity index is 1.93. The van der Waals surface area contributed by atoms with Gasteiger partial charge in [-0.25, -0.2) is 0 Å². The van der Waals surface area contributed by atoms with E-state index in [9.17, 15) is 0 Å². The molecule has 3 heteroatoms. The maximum absolute atomic E-state index is 6.44. The number of fused-ring (bicyclic) bond motifs is 1. The van der Waals surface area contributed by atoms with Crippen molar-refractivity contribution < 1.29 is 4.74 Å². The van der Waals surface area contributed by atoms with Crippen LogP contribution in [0.1, 0.15) is 23.7 Å². The van der Waals surface area contributed by atoms with Crippen molar-refractivity contribution in [3.05, 3.63) is 64.1 Å². The molecule has 0 spiro atoms. The number of halogens is 2. The molecule has 0 aromatic heterocycles. The van der Waals surface area contributed by atoms with Crippen LogP contribution in [0.2, 0.25) is 0 Å². The summed E-state index contributed by atoms with van der Waals surface area (Å²) in [4.78, 5) is 0. The number of para-hydroxylation sites is 1. The summed E-state index contributed by atoms with van der Waals surface area (Å²) < 4.78 is 7.23. The fraction of sp³-hybridized carbons (Fsp3) is 0.250. The smallest absolute Gasteiger partial charge is 0.125 e. The van der Waals surface area contributed by atoms with Gasteiger partial charge < -0.3 is 4.74 Å². The molecule has 2 aromatic rings. The van der Waals surface area contributed by atoms with Gasteiger partial charge in [0.25, 0.3) is 0 Å². The van der Waals surface area contributed by atoms with Crippen molar-refractivity contribution in [1.29, 1.82) is 0 Å². The maximum atomic E-state index is 6.44. The van der Waals surface area contributed by atoms with Crippen LogP contribution >= 0.6 is 27.5 Å². The average molecular weight is 338 g/mol. The van der Waals surface area contributed by atoms with E-state index in [1.54, 1.807) is 0 Å². The van der Waals surface area contributed by atoms with Gasteiger partial charge in [-0.05, 0) is 35.7 Å². The number of rotatable bonds is 1. The number of hydrogen-bond acceptors (Lipinski definition) is 1. The maximum Gasteiger partial charge on any atom is 0.125 e. The third-order valence-electron chi connectivity index (χ3n) is 3.39. The molecule has 0 unspecified atom stereocenters. The number of benzene rings is 2. The predicted molar refractivity (Wildman–Crippen MR) is 81.9 cm³/mol. The van der Waals surface area contributed by atoms with E-state index in [-0.39, 0.29) is 11.5 Å². The Kier molecular flexibility index (Phi) is 3.81. The highest BCUT2D eigenvalue weighted by Crippen LogP contribution is 2.35. The predicted octanol–water partition coefficient (Wildman–Crippen LogP) is 5.12. The standard InChI is InChI=1S/C16H14BrClO/c17-13-7-5-11(6-8-13)16-10-14(18)9-12-3-1-2-4-15(12)19-16/h1-8,14,16H,9-10H2/t14-,16-/m1/s1. The summed E-state index contributed by atoms with van der Waals surface area (Å²) in [7, 11) is 0. The quantitative estimate of drug-likeness (QED) is 0.656. The molecule has 0 radical (unpaired) electrons. The van der Waals surface area contributed by atoms with Gasteiger partial charge in [-0.3, -0.25) is 0 Å². The Morgan fingerprint density at radius 3 is 2.58 bits per heavy atom. The Morgan fingerprint density at radius 1 is 1.05 bits per heavy atom. The van der Waals surface area contributed by atoms with Crippen LogP contribution in [0.3, 0.4) is 0 Å². The summed E-state index contributed by atoms with van der Waals surface area (Å²) in [6, 6.07) is 16.4. The molecular weight excluding hydrogens is 324 g/mol. The molecule has 0 amide bonds. The third kappa shape index (κ3) is 2.96. The molecule has 1 aliphatic rings. The van der Waals surface area contributed by atoms with Crippen molar-refractivity contribution in [2.45, 2.75) is 24.3 Å². The highest BCUT2D eigenvalue weighted by atomic mass is 79.9. The Labute approximate surface area is 126 Å². The van der Waals surface area contributed by atoms with Crippen LogP contribution in [0.4, 0.5) is 0 Å². The SMILES string of the molecule is Cl[C@@H]1Cc2ccccc2O[C@@H](c2ccc(Br)cc2)C1. The van der Waals surface area contributed by atoms with E-state index in [0.29, 0.717) is 0 Å². The molecule has 0 aliphatic carbocycles. The van der Waals surface area contributed by atoms with Gasteiger partial charge in [-0.15, -0.1) is 11.6 Å². The molecular formula is C16H14BrClO. The van der Waals surface area contributed by atoms with Crippen molar-refractivity contribution in [2.24, 2.45) is 0 Å². The van der Waals surface area contributed by atoms with Gasteiger partial charge in [0.15, 0.2) is 0 Å². The monoisotopic (exact) mass is 336 g/mol. The number of ether oxygens (including phenoxy) is 1. The number of hydrogen-bond donors (Lipinski definition) is 0. The van der Waals surface area contributed by atoms with Crippen LogP contribution in [0, 0.1) is 0 Å². The van der Waals surface area contributed by atoms with E-state index in [1.807, 2.05) is 30.3 Å². The van der Waals surface area contributed by atoms with Crippen LogP contribution in [0.5, 0.6) is 5.75 Å². The molecule has 1 nitrogen and oxygen atoms in total. The lowest BCUT2D eigenvalue weighted by Gasteiger charge is -2.18. The second kappa shape index (κ2) is 5.56. The summed E-state index contributed by atoms with van der Waals surface area (Å²) in [5.74, 6) is 0.957. The molecule has 0 N–H and O–H groups in total. The van der Waals surface area contributed by atoms with E-state index < -0.39 is 0 Å². The van der Waals surface area contributed by atoms with E-state index >= 15 is 0 Å². The van der Waals surface area contributed by atoms with Crippen molar-refractivity contribution in [2.75, 3.05) is 0 Å². The summed E-state index contributed by atoms with van der Waals surface area (Å²) in [5, 5.41) is 0.109. The van der Waals surface area contributed by atoms with E-state index in [4.69, 9.17) is 16.3 Å². The minimum atomic E-state index is 0.0271. The first-order chi connectivity index (χ1) is 9.22. The van der Waals surface area contributed by atoms with Gasteiger partial charge in [0.2, 0.25) is 0 Å². The topological polar surface area (TPSA) is 9.23 Å². The van der Waals surface area contributed by atoms with Gasteiger partial charge in [-0.2, -0.15) is 0 Å². The highest BCUT2D eigenvalue weighted by Gasteiger charge is 2.24. The average Bonchev–Trinajstić information content (AvgIpc) is 2.57. The van der Waals surface area contributed by atoms with Crippen LogP contribution in [-0.4, -0.2) is 5.38 Å². The lowest BCUT2D eigenvalue weighted by Crippen LogP contribution is -2.11. The van der Waals surface area contributed by atoms with Crippen molar-refractivity contribution in [3.8, 4) is 5.75 Å². The first-order valence-corrected chi connectivity index (χ1v) is 7.59. The van der Waals surface area contributed by atoms with Crippen LogP contribution in [0.25, 0.3) is 0 Å². The fourth-order valence-electron chi connectivity index (χ4n) is 2.42. The molecule has 19 heavy (non-hydrogen) atoms. The van der Waals surface area contributed by atoms with Crippen LogP contribution in [-0.2, 0) is 6.42 Å². The second-order valence-corrected chi connectivity index (χ2v) is 6.34. The lowest BCUT2D eigenvalue weighted by molar-refractivity contribution is 0.201. The second-order valence-electron chi connectivity index (χ2n) is 4.80. The highest BCUT2D eigenvalue weighted by molar-refractivity contribution is 9.10. The normalized spacial score (nSPS) is 22.2. The molecule has 3 rings (SSSR count). The minimum absolute atomic E-state index is 0.0271. The molecule has 0 saturated heterocycles. The fourth-order valence-corrected chi connectivity index (χ4v) is 3.02. The zero-order chi connectivity index (χ0) is 13.2. The van der Waals surface area contributed by atoms with Gasteiger partial charge in [0.1, 0.15) is 11.9 Å². The summed E-state index contributed by atoms with van der Waals surface area (Å²) in [5.41, 5.74) is 2.37. The molecule has 2 atom stereocenters. The molecule has 0 bridgehead atoms. The van der Waals surface area contributed by atoms with Crippen molar-refractivity contribution in [3.63, 3.8) is 0 Å². The third-order valence-corrected chi connectivity index (χ3v) is 4.26. The Bertz CT molecular complexity index is 567. The first-order valence-electron chi connectivity index (χ1n) is 6.36.